The molecule has 1 atom stereocenters. The van der Waals surface area contributed by atoms with E-state index in [4.69, 9.17) is 11.6 Å². The van der Waals surface area contributed by atoms with Gasteiger partial charge in [-0.15, -0.1) is 0 Å². The normalized spacial score (nSPS) is 25.8. The van der Waals surface area contributed by atoms with E-state index in [0.717, 1.165) is 36.9 Å². The Hall–Kier alpha value is -0.680. The fourth-order valence-corrected chi connectivity index (χ4v) is 4.95. The van der Waals surface area contributed by atoms with Crippen LogP contribution in [0.15, 0.2) is 0 Å². The maximum absolute atomic E-state index is 11.6. The van der Waals surface area contributed by atoms with Crippen LogP contribution < -0.4 is 0 Å². The lowest BCUT2D eigenvalue weighted by Crippen LogP contribution is -2.11. The third-order valence-electron chi connectivity index (χ3n) is 4.00. The summed E-state index contributed by atoms with van der Waals surface area (Å²) in [6.07, 6.45) is 5.95. The van der Waals surface area contributed by atoms with E-state index in [9.17, 15) is 8.42 Å². The number of nitrogens with zero attached hydrogens (tertiary/aromatic N) is 2. The van der Waals surface area contributed by atoms with Gasteiger partial charge in [0.05, 0.1) is 11.5 Å². The van der Waals surface area contributed by atoms with Crippen LogP contribution in [0.5, 0.6) is 0 Å². The first-order valence-corrected chi connectivity index (χ1v) is 9.01. The molecule has 0 saturated carbocycles. The second kappa shape index (κ2) is 5.02. The van der Waals surface area contributed by atoms with Gasteiger partial charge < -0.3 is 0 Å². The van der Waals surface area contributed by atoms with E-state index in [1.165, 1.54) is 6.42 Å². The lowest BCUT2D eigenvalue weighted by atomic mass is 10.1. The second-order valence-corrected chi connectivity index (χ2v) is 8.05. The van der Waals surface area contributed by atoms with Gasteiger partial charge >= 0.3 is 0 Å². The van der Waals surface area contributed by atoms with Crippen LogP contribution in [-0.2, 0) is 22.7 Å². The first kappa shape index (κ1) is 13.3. The Kier molecular flexibility index (Phi) is 3.52. The summed E-state index contributed by atoms with van der Waals surface area (Å²) in [4.78, 5) is 8.99. The third kappa shape index (κ3) is 2.77. The number of aromatic nitrogens is 2. The molecule has 1 aromatic heterocycles. The molecule has 0 radical (unpaired) electrons. The van der Waals surface area contributed by atoms with Gasteiger partial charge in [0.2, 0.25) is 0 Å². The molecule has 0 spiro atoms. The zero-order chi connectivity index (χ0) is 13.5. The molecule has 6 heteroatoms. The molecule has 1 fully saturated rings. The van der Waals surface area contributed by atoms with Crippen LogP contribution in [0.2, 0.25) is 5.15 Å². The summed E-state index contributed by atoms with van der Waals surface area (Å²) in [6.45, 7) is 0. The predicted molar refractivity (Wildman–Crippen MR) is 74.3 cm³/mol. The predicted octanol–water partition coefficient (Wildman–Crippen LogP) is 2.30. The minimum absolute atomic E-state index is 0.0731. The van der Waals surface area contributed by atoms with Crippen molar-refractivity contribution >= 4 is 21.4 Å². The van der Waals surface area contributed by atoms with Crippen LogP contribution in [0.1, 0.15) is 48.7 Å². The average molecular weight is 301 g/mol. The van der Waals surface area contributed by atoms with Gasteiger partial charge in [-0.05, 0) is 32.1 Å². The highest BCUT2D eigenvalue weighted by atomic mass is 35.5. The van der Waals surface area contributed by atoms with Gasteiger partial charge in [0.1, 0.15) is 11.0 Å². The molecule has 0 N–H and O–H groups in total. The SMILES string of the molecule is O=S1(=O)CCC(c2nc(Cl)c3c(n2)CCCCC3)C1. The molecule has 1 aliphatic carbocycles. The van der Waals surface area contributed by atoms with Crippen molar-refractivity contribution in [1.82, 2.24) is 9.97 Å². The van der Waals surface area contributed by atoms with Crippen molar-refractivity contribution in [3.05, 3.63) is 22.2 Å². The first-order chi connectivity index (χ1) is 9.05. The zero-order valence-electron chi connectivity index (χ0n) is 10.7. The van der Waals surface area contributed by atoms with Gasteiger partial charge in [-0.3, -0.25) is 0 Å². The highest BCUT2D eigenvalue weighted by molar-refractivity contribution is 7.91. The number of rotatable bonds is 1. The highest BCUT2D eigenvalue weighted by Crippen LogP contribution is 2.30. The van der Waals surface area contributed by atoms with Gasteiger partial charge in [0.15, 0.2) is 9.84 Å². The van der Waals surface area contributed by atoms with E-state index in [0.29, 0.717) is 17.4 Å². The Labute approximate surface area is 118 Å². The molecule has 2 aliphatic rings. The molecule has 0 aromatic carbocycles. The molecular weight excluding hydrogens is 284 g/mol. The standard InChI is InChI=1S/C13H17ClN2O2S/c14-12-10-4-2-1-3-5-11(10)15-13(16-12)9-6-7-19(17,18)8-9/h9H,1-8H2. The van der Waals surface area contributed by atoms with E-state index < -0.39 is 9.84 Å². The summed E-state index contributed by atoms with van der Waals surface area (Å²) in [5, 5.41) is 0.534. The van der Waals surface area contributed by atoms with Crippen molar-refractivity contribution in [3.63, 3.8) is 0 Å². The van der Waals surface area contributed by atoms with Gasteiger partial charge in [-0.2, -0.15) is 0 Å². The number of hydrogen-bond donors (Lipinski definition) is 0. The Bertz CT molecular complexity index is 601. The van der Waals surface area contributed by atoms with Crippen molar-refractivity contribution < 1.29 is 8.42 Å². The van der Waals surface area contributed by atoms with E-state index in [1.807, 2.05) is 0 Å². The Morgan fingerprint density at radius 2 is 1.89 bits per heavy atom. The van der Waals surface area contributed by atoms with Gasteiger partial charge in [0, 0.05) is 17.2 Å². The minimum atomic E-state index is -2.91. The molecule has 0 amide bonds. The Morgan fingerprint density at radius 3 is 2.63 bits per heavy atom. The molecule has 1 aliphatic heterocycles. The Morgan fingerprint density at radius 1 is 1.11 bits per heavy atom. The topological polar surface area (TPSA) is 59.9 Å². The monoisotopic (exact) mass is 300 g/mol. The zero-order valence-corrected chi connectivity index (χ0v) is 12.3. The maximum atomic E-state index is 11.6. The van der Waals surface area contributed by atoms with Crippen LogP contribution in [0, 0.1) is 0 Å². The third-order valence-corrected chi connectivity index (χ3v) is 6.08. The molecule has 104 valence electrons. The number of hydrogen-bond acceptors (Lipinski definition) is 4. The van der Waals surface area contributed by atoms with E-state index in [1.54, 1.807) is 0 Å². The van der Waals surface area contributed by atoms with E-state index in [2.05, 4.69) is 9.97 Å². The van der Waals surface area contributed by atoms with Gasteiger partial charge in [0.25, 0.3) is 0 Å². The molecule has 4 nitrogen and oxygen atoms in total. The van der Waals surface area contributed by atoms with Crippen LogP contribution >= 0.6 is 11.6 Å². The Balaban J connectivity index is 1.96. The lowest BCUT2D eigenvalue weighted by molar-refractivity contribution is 0.601. The van der Waals surface area contributed by atoms with Crippen molar-refractivity contribution in [2.75, 3.05) is 11.5 Å². The molecule has 3 rings (SSSR count). The average Bonchev–Trinajstić information content (AvgIpc) is 2.59. The minimum Gasteiger partial charge on any atom is -0.237 e. The van der Waals surface area contributed by atoms with Crippen LogP contribution in [-0.4, -0.2) is 29.9 Å². The van der Waals surface area contributed by atoms with Crippen molar-refractivity contribution in [2.45, 2.75) is 44.4 Å². The molecule has 1 saturated heterocycles. The molecule has 1 aromatic rings. The molecular formula is C13H17ClN2O2S. The largest absolute Gasteiger partial charge is 0.237 e. The summed E-state index contributed by atoms with van der Waals surface area (Å²) in [5.41, 5.74) is 2.11. The summed E-state index contributed by atoms with van der Waals surface area (Å²) < 4.78 is 23.1. The highest BCUT2D eigenvalue weighted by Gasteiger charge is 2.32. The summed E-state index contributed by atoms with van der Waals surface area (Å²) >= 11 is 6.27. The van der Waals surface area contributed by atoms with E-state index >= 15 is 0 Å². The van der Waals surface area contributed by atoms with Crippen molar-refractivity contribution in [1.29, 1.82) is 0 Å². The molecule has 0 bridgehead atoms. The van der Waals surface area contributed by atoms with Crippen LogP contribution in [0.4, 0.5) is 0 Å². The summed E-state index contributed by atoms with van der Waals surface area (Å²) in [5.74, 6) is 0.973. The quantitative estimate of drug-likeness (QED) is 0.590. The number of aryl methyl sites for hydroxylation is 1. The van der Waals surface area contributed by atoms with Crippen LogP contribution in [0.3, 0.4) is 0 Å². The molecule has 19 heavy (non-hydrogen) atoms. The number of halogens is 1. The fourth-order valence-electron chi connectivity index (χ4n) is 2.92. The molecule has 1 unspecified atom stereocenters. The fraction of sp³-hybridized carbons (Fsp3) is 0.692. The number of sulfone groups is 1. The lowest BCUT2D eigenvalue weighted by Gasteiger charge is -2.12. The van der Waals surface area contributed by atoms with Gasteiger partial charge in [-0.25, -0.2) is 18.4 Å². The first-order valence-electron chi connectivity index (χ1n) is 6.81. The summed E-state index contributed by atoms with van der Waals surface area (Å²) in [7, 11) is -2.91. The maximum Gasteiger partial charge on any atom is 0.151 e. The van der Waals surface area contributed by atoms with Crippen molar-refractivity contribution in [3.8, 4) is 0 Å². The van der Waals surface area contributed by atoms with Gasteiger partial charge in [-0.1, -0.05) is 18.0 Å². The second-order valence-electron chi connectivity index (χ2n) is 5.46. The number of fused-ring (bicyclic) bond motifs is 1. The van der Waals surface area contributed by atoms with Crippen LogP contribution in [0.25, 0.3) is 0 Å². The smallest absolute Gasteiger partial charge is 0.151 e. The summed E-state index contributed by atoms with van der Waals surface area (Å²) in [6, 6.07) is 0. The van der Waals surface area contributed by atoms with Crippen molar-refractivity contribution in [2.24, 2.45) is 0 Å². The van der Waals surface area contributed by atoms with E-state index in [-0.39, 0.29) is 17.4 Å². The molecule has 2 heterocycles.